The predicted octanol–water partition coefficient (Wildman–Crippen LogP) is 4.84. The minimum absolute atomic E-state index is 0.113. The lowest BCUT2D eigenvalue weighted by Crippen LogP contribution is -2.51. The molecule has 1 aromatic heterocycles. The van der Waals surface area contributed by atoms with Crippen LogP contribution in [0.5, 0.6) is 0 Å². The second-order valence-electron chi connectivity index (χ2n) is 8.24. The number of carbonyl (C=O) groups excluding carboxylic acids is 1. The molecular formula is C19H27BrN2O. The molecule has 2 rings (SSSR count). The first kappa shape index (κ1) is 18.2. The van der Waals surface area contributed by atoms with Gasteiger partial charge in [0, 0.05) is 27.0 Å². The summed E-state index contributed by atoms with van der Waals surface area (Å²) in [5, 5.41) is 4.67. The van der Waals surface area contributed by atoms with Gasteiger partial charge >= 0.3 is 0 Å². The van der Waals surface area contributed by atoms with Crippen molar-refractivity contribution in [1.82, 2.24) is 10.3 Å². The number of halogens is 1. The van der Waals surface area contributed by atoms with E-state index in [4.69, 9.17) is 0 Å². The van der Waals surface area contributed by atoms with E-state index in [1.807, 2.05) is 39.1 Å². The molecule has 4 heteroatoms. The summed E-state index contributed by atoms with van der Waals surface area (Å²) in [6, 6.07) is 5.95. The molecule has 126 valence electrons. The normalized spacial score (nSPS) is 14.2. The van der Waals surface area contributed by atoms with Gasteiger partial charge in [0.05, 0.1) is 11.6 Å². The number of aromatic amines is 1. The van der Waals surface area contributed by atoms with Crippen molar-refractivity contribution in [2.45, 2.75) is 59.5 Å². The summed E-state index contributed by atoms with van der Waals surface area (Å²) in [6.45, 7) is 12.3. The van der Waals surface area contributed by atoms with Crippen LogP contribution < -0.4 is 5.32 Å². The minimum Gasteiger partial charge on any atom is -0.360 e. The van der Waals surface area contributed by atoms with E-state index in [-0.39, 0.29) is 22.8 Å². The Hall–Kier alpha value is -1.13. The molecule has 2 N–H and O–H groups in total. The molecule has 0 aliphatic rings. The number of benzene rings is 1. The summed E-state index contributed by atoms with van der Waals surface area (Å²) in [7, 11) is 0. The molecule has 0 amide bonds. The van der Waals surface area contributed by atoms with E-state index in [9.17, 15) is 4.79 Å². The standard InChI is InChI=1S/C19H27BrN2O/c1-18(2,3)17(23)15(22-19(4,5)6)10-12-11-21-16-13(12)8-7-9-14(16)20/h7-9,11,15,21-22H,10H2,1-6H3. The summed E-state index contributed by atoms with van der Waals surface area (Å²) in [5.74, 6) is 0.247. The first-order valence-electron chi connectivity index (χ1n) is 8.05. The first-order chi connectivity index (χ1) is 10.5. The summed E-state index contributed by atoms with van der Waals surface area (Å²) in [4.78, 5) is 16.2. The fourth-order valence-corrected chi connectivity index (χ4v) is 3.30. The van der Waals surface area contributed by atoms with E-state index in [0.717, 1.165) is 9.99 Å². The third-order valence-corrected chi connectivity index (χ3v) is 4.50. The predicted molar refractivity (Wildman–Crippen MR) is 101 cm³/mol. The molecule has 1 heterocycles. The highest BCUT2D eigenvalue weighted by Crippen LogP contribution is 2.28. The molecule has 0 radical (unpaired) electrons. The van der Waals surface area contributed by atoms with Gasteiger partial charge in [0.1, 0.15) is 0 Å². The van der Waals surface area contributed by atoms with Gasteiger partial charge in [-0.05, 0) is 54.8 Å². The smallest absolute Gasteiger partial charge is 0.155 e. The van der Waals surface area contributed by atoms with Crippen molar-refractivity contribution in [3.05, 3.63) is 34.4 Å². The Balaban J connectivity index is 2.36. The Bertz CT molecular complexity index is 704. The van der Waals surface area contributed by atoms with Gasteiger partial charge in [-0.25, -0.2) is 0 Å². The molecule has 2 aromatic rings. The number of H-pyrrole nitrogens is 1. The van der Waals surface area contributed by atoms with Crippen LogP contribution in [-0.2, 0) is 11.2 Å². The lowest BCUT2D eigenvalue weighted by molar-refractivity contribution is -0.128. The molecule has 0 bridgehead atoms. The van der Waals surface area contributed by atoms with E-state index >= 15 is 0 Å². The molecular weight excluding hydrogens is 352 g/mol. The zero-order valence-electron chi connectivity index (χ0n) is 14.9. The largest absolute Gasteiger partial charge is 0.360 e. The van der Waals surface area contributed by atoms with Crippen molar-refractivity contribution in [2.24, 2.45) is 5.41 Å². The van der Waals surface area contributed by atoms with E-state index < -0.39 is 0 Å². The number of ketones is 1. The Kier molecular flexibility index (Phi) is 5.07. The van der Waals surface area contributed by atoms with Gasteiger partial charge in [-0.2, -0.15) is 0 Å². The zero-order valence-corrected chi connectivity index (χ0v) is 16.5. The van der Waals surface area contributed by atoms with Gasteiger partial charge in [-0.15, -0.1) is 0 Å². The van der Waals surface area contributed by atoms with E-state index in [2.05, 4.69) is 53.1 Å². The molecule has 23 heavy (non-hydrogen) atoms. The maximum absolute atomic E-state index is 12.9. The number of carbonyl (C=O) groups is 1. The molecule has 0 aliphatic carbocycles. The van der Waals surface area contributed by atoms with Crippen molar-refractivity contribution >= 4 is 32.6 Å². The van der Waals surface area contributed by atoms with Crippen LogP contribution in [-0.4, -0.2) is 22.3 Å². The first-order valence-corrected chi connectivity index (χ1v) is 8.85. The Morgan fingerprint density at radius 2 is 1.87 bits per heavy atom. The van der Waals surface area contributed by atoms with Crippen LogP contribution in [0.4, 0.5) is 0 Å². The van der Waals surface area contributed by atoms with Crippen molar-refractivity contribution in [1.29, 1.82) is 0 Å². The quantitative estimate of drug-likeness (QED) is 0.798. The highest BCUT2D eigenvalue weighted by atomic mass is 79.9. The number of para-hydroxylation sites is 1. The van der Waals surface area contributed by atoms with Crippen molar-refractivity contribution in [2.75, 3.05) is 0 Å². The monoisotopic (exact) mass is 378 g/mol. The third-order valence-electron chi connectivity index (χ3n) is 3.84. The number of rotatable bonds is 4. The minimum atomic E-state index is -0.365. The molecule has 3 nitrogen and oxygen atoms in total. The molecule has 0 aliphatic heterocycles. The van der Waals surface area contributed by atoms with Crippen LogP contribution in [0, 0.1) is 5.41 Å². The number of fused-ring (bicyclic) bond motifs is 1. The summed E-state index contributed by atoms with van der Waals surface area (Å²) in [6.07, 6.45) is 2.70. The molecule has 1 atom stereocenters. The Morgan fingerprint density at radius 1 is 1.22 bits per heavy atom. The lowest BCUT2D eigenvalue weighted by atomic mass is 9.83. The van der Waals surface area contributed by atoms with Crippen LogP contribution in [0.3, 0.4) is 0 Å². The molecule has 1 unspecified atom stereocenters. The van der Waals surface area contributed by atoms with E-state index in [0.29, 0.717) is 6.42 Å². The molecule has 0 saturated carbocycles. The van der Waals surface area contributed by atoms with Gasteiger partial charge in [0.15, 0.2) is 5.78 Å². The van der Waals surface area contributed by atoms with Gasteiger partial charge in [-0.1, -0.05) is 32.9 Å². The fourth-order valence-electron chi connectivity index (χ4n) is 2.82. The zero-order chi connectivity index (χ0) is 17.4. The summed E-state index contributed by atoms with van der Waals surface area (Å²) in [5.41, 5.74) is 1.77. The summed E-state index contributed by atoms with van der Waals surface area (Å²) >= 11 is 3.57. The maximum Gasteiger partial charge on any atom is 0.155 e. The van der Waals surface area contributed by atoms with Crippen LogP contribution in [0.2, 0.25) is 0 Å². The number of aromatic nitrogens is 1. The van der Waals surface area contributed by atoms with Crippen LogP contribution in [0.15, 0.2) is 28.9 Å². The number of hydrogen-bond donors (Lipinski definition) is 2. The molecule has 1 aromatic carbocycles. The van der Waals surface area contributed by atoms with E-state index in [1.54, 1.807) is 0 Å². The van der Waals surface area contributed by atoms with Crippen LogP contribution in [0.1, 0.15) is 47.1 Å². The molecule has 0 fully saturated rings. The summed E-state index contributed by atoms with van der Waals surface area (Å²) < 4.78 is 1.05. The van der Waals surface area contributed by atoms with Crippen LogP contribution >= 0.6 is 15.9 Å². The average molecular weight is 379 g/mol. The second-order valence-corrected chi connectivity index (χ2v) is 9.10. The van der Waals surface area contributed by atoms with Crippen molar-refractivity contribution < 1.29 is 4.79 Å². The Morgan fingerprint density at radius 3 is 2.43 bits per heavy atom. The topological polar surface area (TPSA) is 44.9 Å². The SMILES string of the molecule is CC(C)(C)NC(Cc1c[nH]c2c(Br)cccc12)C(=O)C(C)(C)C. The van der Waals surface area contributed by atoms with Crippen molar-refractivity contribution in [3.8, 4) is 0 Å². The average Bonchev–Trinajstić information content (AvgIpc) is 2.79. The maximum atomic E-state index is 12.9. The van der Waals surface area contributed by atoms with Gasteiger partial charge in [-0.3, -0.25) is 4.79 Å². The van der Waals surface area contributed by atoms with E-state index in [1.165, 1.54) is 10.9 Å². The second kappa shape index (κ2) is 6.40. The molecule has 0 saturated heterocycles. The Labute approximate surface area is 147 Å². The van der Waals surface area contributed by atoms with Gasteiger partial charge in [0.25, 0.3) is 0 Å². The third kappa shape index (κ3) is 4.45. The van der Waals surface area contributed by atoms with Crippen LogP contribution in [0.25, 0.3) is 10.9 Å². The lowest BCUT2D eigenvalue weighted by Gasteiger charge is -2.31. The number of nitrogens with one attached hydrogen (secondary N) is 2. The molecule has 0 spiro atoms. The van der Waals surface area contributed by atoms with Gasteiger partial charge < -0.3 is 10.3 Å². The number of Topliss-reactive ketones (excluding diaryl/α,β-unsaturated/α-hetero) is 1. The fraction of sp³-hybridized carbons (Fsp3) is 0.526. The number of hydrogen-bond acceptors (Lipinski definition) is 2. The van der Waals surface area contributed by atoms with Gasteiger partial charge in [0.2, 0.25) is 0 Å². The highest BCUT2D eigenvalue weighted by Gasteiger charge is 2.32. The highest BCUT2D eigenvalue weighted by molar-refractivity contribution is 9.10. The van der Waals surface area contributed by atoms with Crippen molar-refractivity contribution in [3.63, 3.8) is 0 Å².